The van der Waals surface area contributed by atoms with Crippen LogP contribution in [0.2, 0.25) is 0 Å². The number of carbonyl (C=O) groups is 4. The Hall–Kier alpha value is -2.96. The molecule has 0 aromatic heterocycles. The van der Waals surface area contributed by atoms with E-state index in [-0.39, 0.29) is 42.5 Å². The van der Waals surface area contributed by atoms with E-state index in [9.17, 15) is 19.2 Å². The lowest BCUT2D eigenvalue weighted by Gasteiger charge is -2.14. The largest absolute Gasteiger partial charge is 0.465 e. The number of methoxy groups -OCH3 is 1. The number of ether oxygens (including phenoxy) is 1. The molecule has 7 heteroatoms. The van der Waals surface area contributed by atoms with Crippen LogP contribution >= 0.6 is 0 Å². The van der Waals surface area contributed by atoms with Crippen LogP contribution in [-0.4, -0.2) is 42.2 Å². The zero-order chi connectivity index (χ0) is 19.4. The van der Waals surface area contributed by atoms with E-state index in [4.69, 9.17) is 0 Å². The van der Waals surface area contributed by atoms with Gasteiger partial charge in [0.15, 0.2) is 0 Å². The van der Waals surface area contributed by atoms with Crippen LogP contribution in [0, 0.1) is 11.8 Å². The predicted octanol–water partition coefficient (Wildman–Crippen LogP) is 1.43. The Morgan fingerprint density at radius 1 is 1.07 bits per heavy atom. The molecule has 0 bridgehead atoms. The third-order valence-corrected chi connectivity index (χ3v) is 5.03. The maximum absolute atomic E-state index is 12.4. The molecule has 1 aliphatic carbocycles. The fraction of sp³-hybridized carbons (Fsp3) is 0.400. The van der Waals surface area contributed by atoms with E-state index in [1.165, 1.54) is 12.0 Å². The van der Waals surface area contributed by atoms with Gasteiger partial charge in [0, 0.05) is 19.5 Å². The van der Waals surface area contributed by atoms with Gasteiger partial charge in [-0.1, -0.05) is 24.3 Å². The molecule has 1 aromatic rings. The van der Waals surface area contributed by atoms with Crippen molar-refractivity contribution in [2.45, 2.75) is 25.8 Å². The SMILES string of the molecule is COC(=O)c1ccc(CNC(=O)CCN2C(=O)[C@H]3CC=CC[C@@H]3C2=O)cc1. The van der Waals surface area contributed by atoms with Gasteiger partial charge in [-0.15, -0.1) is 0 Å². The highest BCUT2D eigenvalue weighted by atomic mass is 16.5. The van der Waals surface area contributed by atoms with E-state index in [1.807, 2.05) is 12.2 Å². The minimum atomic E-state index is -0.415. The van der Waals surface area contributed by atoms with Crippen LogP contribution in [0.25, 0.3) is 0 Å². The van der Waals surface area contributed by atoms with Crippen LogP contribution in [0.1, 0.15) is 35.2 Å². The number of carbonyl (C=O) groups excluding carboxylic acids is 4. The third kappa shape index (κ3) is 4.07. The molecular formula is C20H22N2O5. The molecule has 0 radical (unpaired) electrons. The maximum Gasteiger partial charge on any atom is 0.337 e. The number of hydrogen-bond donors (Lipinski definition) is 1. The lowest BCUT2D eigenvalue weighted by atomic mass is 9.85. The summed E-state index contributed by atoms with van der Waals surface area (Å²) < 4.78 is 4.64. The van der Waals surface area contributed by atoms with E-state index < -0.39 is 5.97 Å². The highest BCUT2D eigenvalue weighted by molar-refractivity contribution is 6.05. The average Bonchev–Trinajstić information content (AvgIpc) is 2.95. The molecule has 2 atom stereocenters. The standard InChI is InChI=1S/C20H22N2O5/c1-27-20(26)14-8-6-13(7-9-14)12-21-17(23)10-11-22-18(24)15-4-2-3-5-16(15)19(22)25/h2-3,6-9,15-16H,4-5,10-12H2,1H3,(H,21,23)/t15-,16-/m0/s1. The number of nitrogens with zero attached hydrogens (tertiary/aromatic N) is 1. The van der Waals surface area contributed by atoms with Crippen LogP contribution in [0.3, 0.4) is 0 Å². The minimum absolute atomic E-state index is 0.0740. The zero-order valence-corrected chi connectivity index (χ0v) is 15.1. The molecule has 1 heterocycles. The van der Waals surface area contributed by atoms with Crippen molar-refractivity contribution in [2.24, 2.45) is 11.8 Å². The molecule has 0 spiro atoms. The second-order valence-corrected chi connectivity index (χ2v) is 6.70. The smallest absolute Gasteiger partial charge is 0.337 e. The summed E-state index contributed by atoms with van der Waals surface area (Å²) in [5, 5.41) is 2.76. The van der Waals surface area contributed by atoms with Crippen molar-refractivity contribution in [3.8, 4) is 0 Å². The minimum Gasteiger partial charge on any atom is -0.465 e. The van der Waals surface area contributed by atoms with Crippen molar-refractivity contribution in [1.82, 2.24) is 10.2 Å². The number of esters is 1. The van der Waals surface area contributed by atoms with Crippen LogP contribution in [0.15, 0.2) is 36.4 Å². The molecule has 3 amide bonds. The monoisotopic (exact) mass is 370 g/mol. The Kier molecular flexibility index (Phi) is 5.69. The zero-order valence-electron chi connectivity index (χ0n) is 15.1. The highest BCUT2D eigenvalue weighted by Crippen LogP contribution is 2.34. The van der Waals surface area contributed by atoms with Crippen molar-refractivity contribution < 1.29 is 23.9 Å². The van der Waals surface area contributed by atoms with Gasteiger partial charge in [-0.3, -0.25) is 19.3 Å². The highest BCUT2D eigenvalue weighted by Gasteiger charge is 2.46. The summed E-state index contributed by atoms with van der Waals surface area (Å²) in [5.41, 5.74) is 1.27. The van der Waals surface area contributed by atoms with Gasteiger partial charge < -0.3 is 10.1 Å². The summed E-state index contributed by atoms with van der Waals surface area (Å²) in [5.74, 6) is -1.51. The Labute approximate surface area is 157 Å². The van der Waals surface area contributed by atoms with Crippen LogP contribution in [0.5, 0.6) is 0 Å². The maximum atomic E-state index is 12.4. The Balaban J connectivity index is 1.47. The lowest BCUT2D eigenvalue weighted by molar-refractivity contribution is -0.140. The number of rotatable bonds is 6. The first-order valence-corrected chi connectivity index (χ1v) is 8.95. The van der Waals surface area contributed by atoms with Gasteiger partial charge in [-0.25, -0.2) is 4.79 Å². The topological polar surface area (TPSA) is 92.8 Å². The van der Waals surface area contributed by atoms with Crippen LogP contribution in [-0.2, 0) is 25.7 Å². The van der Waals surface area contributed by atoms with E-state index in [0.717, 1.165) is 5.56 Å². The van der Waals surface area contributed by atoms with Gasteiger partial charge >= 0.3 is 5.97 Å². The molecule has 2 aliphatic rings. The number of benzene rings is 1. The van der Waals surface area contributed by atoms with E-state index in [1.54, 1.807) is 24.3 Å². The summed E-state index contributed by atoms with van der Waals surface area (Å²) in [4.78, 5) is 49.4. The second kappa shape index (κ2) is 8.16. The van der Waals surface area contributed by atoms with Gasteiger partial charge in [0.2, 0.25) is 17.7 Å². The fourth-order valence-corrected chi connectivity index (χ4v) is 3.47. The van der Waals surface area contributed by atoms with Crippen molar-refractivity contribution in [1.29, 1.82) is 0 Å². The molecule has 0 unspecified atom stereocenters. The fourth-order valence-electron chi connectivity index (χ4n) is 3.47. The third-order valence-electron chi connectivity index (χ3n) is 5.03. The Bertz CT molecular complexity index is 758. The number of likely N-dealkylation sites (tertiary alicyclic amines) is 1. The molecule has 142 valence electrons. The molecular weight excluding hydrogens is 348 g/mol. The number of nitrogens with one attached hydrogen (secondary N) is 1. The van der Waals surface area contributed by atoms with Crippen molar-refractivity contribution in [3.05, 3.63) is 47.5 Å². The summed E-state index contributed by atoms with van der Waals surface area (Å²) in [7, 11) is 1.32. The second-order valence-electron chi connectivity index (χ2n) is 6.70. The number of hydrogen-bond acceptors (Lipinski definition) is 5. The van der Waals surface area contributed by atoms with Crippen molar-refractivity contribution in [2.75, 3.05) is 13.7 Å². The molecule has 1 saturated heterocycles. The Morgan fingerprint density at radius 3 is 2.22 bits per heavy atom. The van der Waals surface area contributed by atoms with Crippen LogP contribution in [0.4, 0.5) is 0 Å². The quantitative estimate of drug-likeness (QED) is 0.465. The van der Waals surface area contributed by atoms with Crippen LogP contribution < -0.4 is 5.32 Å². The van der Waals surface area contributed by atoms with Gasteiger partial charge in [0.05, 0.1) is 24.5 Å². The normalized spacial score (nSPS) is 21.1. The summed E-state index contributed by atoms with van der Waals surface area (Å²) in [6.07, 6.45) is 5.14. The number of imide groups is 1. The van der Waals surface area contributed by atoms with E-state index in [2.05, 4.69) is 10.1 Å². The molecule has 7 nitrogen and oxygen atoms in total. The molecule has 1 fully saturated rings. The lowest BCUT2D eigenvalue weighted by Crippen LogP contribution is -2.35. The average molecular weight is 370 g/mol. The molecule has 27 heavy (non-hydrogen) atoms. The Morgan fingerprint density at radius 2 is 1.67 bits per heavy atom. The molecule has 1 N–H and O–H groups in total. The summed E-state index contributed by atoms with van der Waals surface area (Å²) >= 11 is 0. The van der Waals surface area contributed by atoms with Gasteiger partial charge in [-0.2, -0.15) is 0 Å². The first-order chi connectivity index (χ1) is 13.0. The molecule has 1 aromatic carbocycles. The molecule has 3 rings (SSSR count). The summed E-state index contributed by atoms with van der Waals surface area (Å²) in [6.45, 7) is 0.412. The van der Waals surface area contributed by atoms with Gasteiger partial charge in [0.25, 0.3) is 0 Å². The van der Waals surface area contributed by atoms with E-state index in [0.29, 0.717) is 24.9 Å². The molecule has 1 aliphatic heterocycles. The predicted molar refractivity (Wildman–Crippen MR) is 96.3 cm³/mol. The number of allylic oxidation sites excluding steroid dienone is 2. The summed E-state index contributed by atoms with van der Waals surface area (Å²) in [6, 6.07) is 6.73. The van der Waals surface area contributed by atoms with Crippen molar-refractivity contribution >= 4 is 23.7 Å². The van der Waals surface area contributed by atoms with Gasteiger partial charge in [-0.05, 0) is 30.5 Å². The van der Waals surface area contributed by atoms with E-state index >= 15 is 0 Å². The van der Waals surface area contributed by atoms with Crippen molar-refractivity contribution in [3.63, 3.8) is 0 Å². The first-order valence-electron chi connectivity index (χ1n) is 8.95. The first kappa shape index (κ1) is 18.8. The van der Waals surface area contributed by atoms with Gasteiger partial charge in [0.1, 0.15) is 0 Å². The number of amides is 3. The number of fused-ring (bicyclic) bond motifs is 1. The molecule has 0 saturated carbocycles.